The van der Waals surface area contributed by atoms with Crippen LogP contribution in [0.15, 0.2) is 30.1 Å². The summed E-state index contributed by atoms with van der Waals surface area (Å²) in [6.07, 6.45) is 4.86. The van der Waals surface area contributed by atoms with E-state index in [-0.39, 0.29) is 5.57 Å². The van der Waals surface area contributed by atoms with Gasteiger partial charge in [-0.1, -0.05) is 17.7 Å². The largest absolute Gasteiger partial charge is 0.321 e. The maximum absolute atomic E-state index is 12.4. The Morgan fingerprint density at radius 3 is 2.62 bits per heavy atom. The van der Waals surface area contributed by atoms with Gasteiger partial charge < -0.3 is 5.32 Å². The van der Waals surface area contributed by atoms with Crippen molar-refractivity contribution in [3.63, 3.8) is 0 Å². The Balaban J connectivity index is 2.23. The monoisotopic (exact) mass is 342 g/mol. The molecule has 0 saturated carbocycles. The van der Waals surface area contributed by atoms with Gasteiger partial charge in [-0.2, -0.15) is 10.4 Å². The molecule has 1 heterocycles. The highest BCUT2D eigenvalue weighted by Crippen LogP contribution is 2.22. The van der Waals surface area contributed by atoms with Gasteiger partial charge in [0, 0.05) is 23.3 Å². The van der Waals surface area contributed by atoms with Gasteiger partial charge in [-0.3, -0.25) is 9.48 Å². The number of carbonyl (C=O) groups is 1. The molecule has 6 heteroatoms. The summed E-state index contributed by atoms with van der Waals surface area (Å²) < 4.78 is 1.67. The first kappa shape index (κ1) is 17.8. The number of rotatable bonds is 5. The summed E-state index contributed by atoms with van der Waals surface area (Å²) in [5.41, 5.74) is 4.51. The molecule has 0 bridgehead atoms. The third kappa shape index (κ3) is 4.24. The number of hydrogen-bond acceptors (Lipinski definition) is 3. The second kappa shape index (κ2) is 7.80. The van der Waals surface area contributed by atoms with E-state index >= 15 is 0 Å². The van der Waals surface area contributed by atoms with E-state index in [1.165, 1.54) is 6.08 Å². The SMILES string of the molecule is Cc1cc(C)c(NC(=O)C(C#N)=Cc2cnn(CCCl)c2)c(C)c1. The van der Waals surface area contributed by atoms with Crippen LogP contribution in [0.4, 0.5) is 5.69 Å². The van der Waals surface area contributed by atoms with Crippen molar-refractivity contribution in [2.75, 3.05) is 11.2 Å². The Hall–Kier alpha value is -2.58. The van der Waals surface area contributed by atoms with E-state index in [9.17, 15) is 10.1 Å². The molecule has 0 unspecified atom stereocenters. The van der Waals surface area contributed by atoms with Crippen molar-refractivity contribution in [3.8, 4) is 6.07 Å². The maximum Gasteiger partial charge on any atom is 0.266 e. The summed E-state index contributed by atoms with van der Waals surface area (Å²) in [5.74, 6) is 0.0141. The summed E-state index contributed by atoms with van der Waals surface area (Å²) >= 11 is 5.67. The highest BCUT2D eigenvalue weighted by atomic mass is 35.5. The highest BCUT2D eigenvalue weighted by Gasteiger charge is 2.13. The minimum atomic E-state index is -0.433. The lowest BCUT2D eigenvalue weighted by Crippen LogP contribution is -2.15. The third-order valence-corrected chi connectivity index (χ3v) is 3.73. The Bertz CT molecular complexity index is 807. The molecule has 124 valence electrons. The quantitative estimate of drug-likeness (QED) is 0.512. The summed E-state index contributed by atoms with van der Waals surface area (Å²) in [7, 11) is 0. The molecule has 1 aromatic carbocycles. The van der Waals surface area contributed by atoms with E-state index in [0.717, 1.165) is 22.4 Å². The van der Waals surface area contributed by atoms with Crippen LogP contribution in [0.5, 0.6) is 0 Å². The number of nitrogens with one attached hydrogen (secondary N) is 1. The number of hydrogen-bond donors (Lipinski definition) is 1. The minimum absolute atomic E-state index is 0.0276. The second-order valence-electron chi connectivity index (χ2n) is 5.62. The molecule has 0 atom stereocenters. The van der Waals surface area contributed by atoms with E-state index in [0.29, 0.717) is 18.0 Å². The number of amides is 1. The average molecular weight is 343 g/mol. The zero-order valence-electron chi connectivity index (χ0n) is 13.9. The van der Waals surface area contributed by atoms with Crippen molar-refractivity contribution in [2.45, 2.75) is 27.3 Å². The van der Waals surface area contributed by atoms with Crippen molar-refractivity contribution in [1.29, 1.82) is 5.26 Å². The molecular weight excluding hydrogens is 324 g/mol. The first-order valence-electron chi connectivity index (χ1n) is 7.54. The molecule has 0 aliphatic rings. The van der Waals surface area contributed by atoms with Gasteiger partial charge >= 0.3 is 0 Å². The van der Waals surface area contributed by atoms with Crippen molar-refractivity contribution in [1.82, 2.24) is 9.78 Å². The molecule has 0 spiro atoms. The van der Waals surface area contributed by atoms with E-state index in [2.05, 4.69) is 10.4 Å². The molecule has 1 amide bonds. The topological polar surface area (TPSA) is 70.7 Å². The van der Waals surface area contributed by atoms with Gasteiger partial charge in [-0.15, -0.1) is 11.6 Å². The molecule has 2 rings (SSSR count). The number of carbonyl (C=O) groups excluding carboxylic acids is 1. The van der Waals surface area contributed by atoms with E-state index in [4.69, 9.17) is 11.6 Å². The van der Waals surface area contributed by atoms with Gasteiger partial charge in [-0.05, 0) is 38.0 Å². The lowest BCUT2D eigenvalue weighted by molar-refractivity contribution is -0.112. The van der Waals surface area contributed by atoms with Crippen LogP contribution < -0.4 is 5.32 Å². The molecule has 0 saturated heterocycles. The summed E-state index contributed by atoms with van der Waals surface area (Å²) in [4.78, 5) is 12.4. The number of benzene rings is 1. The lowest BCUT2D eigenvalue weighted by Gasteiger charge is -2.12. The smallest absolute Gasteiger partial charge is 0.266 e. The number of nitriles is 1. The summed E-state index contributed by atoms with van der Waals surface area (Å²) in [6, 6.07) is 5.94. The van der Waals surface area contributed by atoms with Crippen LogP contribution >= 0.6 is 11.6 Å². The van der Waals surface area contributed by atoms with Crippen LogP contribution in [0, 0.1) is 32.1 Å². The zero-order chi connectivity index (χ0) is 17.7. The zero-order valence-corrected chi connectivity index (χ0v) is 14.7. The number of halogens is 1. The average Bonchev–Trinajstić information content (AvgIpc) is 2.96. The van der Waals surface area contributed by atoms with E-state index in [1.807, 2.05) is 39.0 Å². The fourth-order valence-corrected chi connectivity index (χ4v) is 2.71. The van der Waals surface area contributed by atoms with Gasteiger partial charge in [-0.25, -0.2) is 0 Å². The van der Waals surface area contributed by atoms with Crippen LogP contribution in [0.1, 0.15) is 22.3 Å². The fourth-order valence-electron chi connectivity index (χ4n) is 2.54. The van der Waals surface area contributed by atoms with Gasteiger partial charge in [0.25, 0.3) is 5.91 Å². The molecule has 5 nitrogen and oxygen atoms in total. The van der Waals surface area contributed by atoms with Gasteiger partial charge in [0.1, 0.15) is 11.6 Å². The first-order chi connectivity index (χ1) is 11.4. The maximum atomic E-state index is 12.4. The van der Waals surface area contributed by atoms with E-state index in [1.54, 1.807) is 17.1 Å². The van der Waals surface area contributed by atoms with E-state index < -0.39 is 5.91 Å². The molecule has 0 aliphatic carbocycles. The molecule has 24 heavy (non-hydrogen) atoms. The molecule has 1 aromatic heterocycles. The fraction of sp³-hybridized carbons (Fsp3) is 0.278. The second-order valence-corrected chi connectivity index (χ2v) is 6.00. The first-order valence-corrected chi connectivity index (χ1v) is 8.07. The molecular formula is C18H19ClN4O. The van der Waals surface area contributed by atoms with Crippen LogP contribution in [-0.2, 0) is 11.3 Å². The molecule has 2 aromatic rings. The summed E-state index contributed by atoms with van der Waals surface area (Å²) in [5, 5.41) is 16.3. The molecule has 0 fully saturated rings. The number of aryl methyl sites for hydroxylation is 4. The van der Waals surface area contributed by atoms with Crippen LogP contribution in [0.2, 0.25) is 0 Å². The van der Waals surface area contributed by atoms with Gasteiger partial charge in [0.2, 0.25) is 0 Å². The van der Waals surface area contributed by atoms with Crippen LogP contribution in [0.3, 0.4) is 0 Å². The van der Waals surface area contributed by atoms with Crippen molar-refractivity contribution in [3.05, 3.63) is 52.4 Å². The number of alkyl halides is 1. The Morgan fingerprint density at radius 2 is 2.04 bits per heavy atom. The molecule has 1 N–H and O–H groups in total. The Kier molecular flexibility index (Phi) is 5.78. The standard InChI is InChI=1S/C18H19ClN4O/c1-12-6-13(2)17(14(3)7-12)22-18(24)16(9-20)8-15-10-21-23(11-15)5-4-19/h6-8,10-11H,4-5H2,1-3H3,(H,22,24). The predicted octanol–water partition coefficient (Wildman–Crippen LogP) is 3.59. The molecule has 0 aliphatic heterocycles. The highest BCUT2D eigenvalue weighted by molar-refractivity contribution is 6.17. The lowest BCUT2D eigenvalue weighted by atomic mass is 10.0. The number of nitrogens with zero attached hydrogens (tertiary/aromatic N) is 3. The Labute approximate surface area is 146 Å². The van der Waals surface area contributed by atoms with Gasteiger partial charge in [0.05, 0.1) is 12.7 Å². The number of aromatic nitrogens is 2. The summed E-state index contributed by atoms with van der Waals surface area (Å²) in [6.45, 7) is 6.44. The normalized spacial score (nSPS) is 11.2. The molecule has 0 radical (unpaired) electrons. The van der Waals surface area contributed by atoms with Crippen LogP contribution in [-0.4, -0.2) is 21.6 Å². The third-order valence-electron chi connectivity index (χ3n) is 3.56. The minimum Gasteiger partial charge on any atom is -0.321 e. The van der Waals surface area contributed by atoms with Crippen LogP contribution in [0.25, 0.3) is 6.08 Å². The predicted molar refractivity (Wildman–Crippen MR) is 95.8 cm³/mol. The van der Waals surface area contributed by atoms with Gasteiger partial charge in [0.15, 0.2) is 0 Å². The Morgan fingerprint density at radius 1 is 1.38 bits per heavy atom. The van der Waals surface area contributed by atoms with Crippen molar-refractivity contribution in [2.24, 2.45) is 0 Å². The van der Waals surface area contributed by atoms with Crippen molar-refractivity contribution >= 4 is 29.3 Å². The van der Waals surface area contributed by atoms with Crippen molar-refractivity contribution < 1.29 is 4.79 Å². The number of anilines is 1.